The van der Waals surface area contributed by atoms with Gasteiger partial charge in [-0.3, -0.25) is 9.78 Å². The Morgan fingerprint density at radius 3 is 2.82 bits per heavy atom. The van der Waals surface area contributed by atoms with Crippen LogP contribution in [0.2, 0.25) is 0 Å². The molecule has 7 nitrogen and oxygen atoms in total. The fourth-order valence-electron chi connectivity index (χ4n) is 2.94. The van der Waals surface area contributed by atoms with Gasteiger partial charge in [-0.1, -0.05) is 12.1 Å². The minimum Gasteiger partial charge on any atom is -0.367 e. The highest BCUT2D eigenvalue weighted by Crippen LogP contribution is 2.32. The molecule has 1 amide bonds. The number of aromatic nitrogens is 3. The molecule has 116 valence electrons. The van der Waals surface area contributed by atoms with Gasteiger partial charge in [-0.25, -0.2) is 4.98 Å². The summed E-state index contributed by atoms with van der Waals surface area (Å²) in [5.74, 6) is 0.638. The van der Waals surface area contributed by atoms with Gasteiger partial charge in [0.1, 0.15) is 5.69 Å². The number of amides is 1. The fourth-order valence-corrected chi connectivity index (χ4v) is 2.94. The molecule has 7 heteroatoms. The fraction of sp³-hybridized carbons (Fsp3) is 0.467. The van der Waals surface area contributed by atoms with Crippen LogP contribution in [-0.2, 0) is 6.42 Å². The van der Waals surface area contributed by atoms with Gasteiger partial charge >= 0.3 is 0 Å². The zero-order valence-corrected chi connectivity index (χ0v) is 12.5. The summed E-state index contributed by atoms with van der Waals surface area (Å²) >= 11 is 0. The number of likely N-dealkylation sites (tertiary alicyclic amines) is 1. The number of nitrogens with zero attached hydrogens (tertiary/aromatic N) is 4. The van der Waals surface area contributed by atoms with E-state index in [1.54, 1.807) is 6.20 Å². The van der Waals surface area contributed by atoms with E-state index in [1.165, 1.54) is 12.4 Å². The first-order valence-electron chi connectivity index (χ1n) is 7.50. The third kappa shape index (κ3) is 2.66. The Morgan fingerprint density at radius 1 is 1.41 bits per heavy atom. The van der Waals surface area contributed by atoms with Crippen LogP contribution in [0.25, 0.3) is 0 Å². The summed E-state index contributed by atoms with van der Waals surface area (Å²) in [7, 11) is 0. The molecule has 1 fully saturated rings. The van der Waals surface area contributed by atoms with E-state index in [0.717, 1.165) is 30.5 Å². The van der Waals surface area contributed by atoms with E-state index in [-0.39, 0.29) is 5.91 Å². The average Bonchev–Trinajstić information content (AvgIpc) is 2.96. The van der Waals surface area contributed by atoms with E-state index in [1.807, 2.05) is 11.8 Å². The van der Waals surface area contributed by atoms with Crippen molar-refractivity contribution in [1.29, 1.82) is 0 Å². The largest absolute Gasteiger partial charge is 0.367 e. The molecule has 1 aliphatic rings. The maximum absolute atomic E-state index is 12.3. The van der Waals surface area contributed by atoms with Crippen LogP contribution in [0.15, 0.2) is 23.1 Å². The van der Waals surface area contributed by atoms with Crippen LogP contribution in [0.3, 0.4) is 0 Å². The highest BCUT2D eigenvalue weighted by molar-refractivity contribution is 5.92. The van der Waals surface area contributed by atoms with Gasteiger partial charge < -0.3 is 15.2 Å². The Balaban J connectivity index is 1.66. The lowest BCUT2D eigenvalue weighted by Gasteiger charge is -2.31. The van der Waals surface area contributed by atoms with Crippen LogP contribution in [0.5, 0.6) is 0 Å². The molecule has 0 unspecified atom stereocenters. The van der Waals surface area contributed by atoms with Crippen LogP contribution in [0, 0.1) is 0 Å². The number of piperidine rings is 1. The van der Waals surface area contributed by atoms with Gasteiger partial charge in [-0.15, -0.1) is 0 Å². The molecule has 2 N–H and O–H groups in total. The average molecular weight is 301 g/mol. The molecule has 0 spiro atoms. The second-order valence-corrected chi connectivity index (χ2v) is 5.42. The first-order valence-corrected chi connectivity index (χ1v) is 7.50. The van der Waals surface area contributed by atoms with Crippen molar-refractivity contribution in [3.63, 3.8) is 0 Å². The molecule has 1 saturated heterocycles. The first kappa shape index (κ1) is 14.5. The molecular formula is C15H19N5O2. The number of hydrogen-bond donors (Lipinski definition) is 1. The van der Waals surface area contributed by atoms with Crippen molar-refractivity contribution in [2.45, 2.75) is 32.1 Å². The van der Waals surface area contributed by atoms with Gasteiger partial charge in [0.05, 0.1) is 11.9 Å². The molecule has 0 radical (unpaired) electrons. The van der Waals surface area contributed by atoms with E-state index in [0.29, 0.717) is 30.6 Å². The normalized spacial score (nSPS) is 16.0. The molecular weight excluding hydrogens is 282 g/mol. The van der Waals surface area contributed by atoms with Gasteiger partial charge in [0.15, 0.2) is 0 Å². The molecule has 2 aromatic rings. The number of rotatable bonds is 3. The second-order valence-electron chi connectivity index (χ2n) is 5.42. The van der Waals surface area contributed by atoms with E-state index >= 15 is 0 Å². The summed E-state index contributed by atoms with van der Waals surface area (Å²) in [4.78, 5) is 22.2. The SMILES string of the molecule is CCc1c(C2CCN(C(=O)c3cnccn3)CC2)noc1N. The summed E-state index contributed by atoms with van der Waals surface area (Å²) in [6.45, 7) is 3.39. The molecule has 0 bridgehead atoms. The van der Waals surface area contributed by atoms with Crippen LogP contribution >= 0.6 is 0 Å². The minimum absolute atomic E-state index is 0.0677. The third-order valence-corrected chi connectivity index (χ3v) is 4.15. The number of carbonyl (C=O) groups is 1. The van der Waals surface area contributed by atoms with Crippen molar-refractivity contribution >= 4 is 11.8 Å². The zero-order chi connectivity index (χ0) is 15.5. The molecule has 3 rings (SSSR count). The smallest absolute Gasteiger partial charge is 0.274 e. The molecule has 1 aliphatic heterocycles. The monoisotopic (exact) mass is 301 g/mol. The van der Waals surface area contributed by atoms with E-state index in [9.17, 15) is 4.79 Å². The molecule has 22 heavy (non-hydrogen) atoms. The molecule has 2 aromatic heterocycles. The summed E-state index contributed by atoms with van der Waals surface area (Å²) in [6, 6.07) is 0. The molecule has 0 atom stereocenters. The predicted octanol–water partition coefficient (Wildman–Crippen LogP) is 1.63. The van der Waals surface area contributed by atoms with E-state index in [2.05, 4.69) is 15.1 Å². The number of nitrogen functional groups attached to an aromatic ring is 1. The van der Waals surface area contributed by atoms with E-state index in [4.69, 9.17) is 10.3 Å². The van der Waals surface area contributed by atoms with Crippen molar-refractivity contribution in [3.8, 4) is 0 Å². The van der Waals surface area contributed by atoms with Gasteiger partial charge in [0, 0.05) is 37.0 Å². The van der Waals surface area contributed by atoms with Gasteiger partial charge in [-0.2, -0.15) is 0 Å². The van der Waals surface area contributed by atoms with Crippen molar-refractivity contribution in [2.24, 2.45) is 0 Å². The van der Waals surface area contributed by atoms with Crippen LogP contribution < -0.4 is 5.73 Å². The Kier molecular flexibility index (Phi) is 4.04. The van der Waals surface area contributed by atoms with Gasteiger partial charge in [0.2, 0.25) is 5.88 Å². The Morgan fingerprint density at radius 2 is 2.18 bits per heavy atom. The predicted molar refractivity (Wildman–Crippen MR) is 80.2 cm³/mol. The highest BCUT2D eigenvalue weighted by Gasteiger charge is 2.29. The maximum atomic E-state index is 12.3. The quantitative estimate of drug-likeness (QED) is 0.925. The molecule has 3 heterocycles. The Labute approximate surface area is 128 Å². The number of carbonyl (C=O) groups excluding carboxylic acids is 1. The second kappa shape index (κ2) is 6.13. The summed E-state index contributed by atoms with van der Waals surface area (Å²) in [6.07, 6.45) is 7.11. The summed E-state index contributed by atoms with van der Waals surface area (Å²) in [5.41, 5.74) is 8.14. The summed E-state index contributed by atoms with van der Waals surface area (Å²) < 4.78 is 5.11. The lowest BCUT2D eigenvalue weighted by Crippen LogP contribution is -2.38. The van der Waals surface area contributed by atoms with Gasteiger partial charge in [-0.05, 0) is 19.3 Å². The standard InChI is InChI=1S/C15H19N5O2/c1-2-11-13(19-22-14(11)16)10-3-7-20(8-4-10)15(21)12-9-17-5-6-18-12/h5-6,9-10H,2-4,7-8,16H2,1H3. The lowest BCUT2D eigenvalue weighted by molar-refractivity contribution is 0.0705. The topological polar surface area (TPSA) is 98.1 Å². The Bertz CT molecular complexity index is 647. The highest BCUT2D eigenvalue weighted by atomic mass is 16.5. The molecule has 0 saturated carbocycles. The van der Waals surface area contributed by atoms with Gasteiger partial charge in [0.25, 0.3) is 5.91 Å². The number of anilines is 1. The first-order chi connectivity index (χ1) is 10.7. The van der Waals surface area contributed by atoms with Crippen molar-refractivity contribution in [3.05, 3.63) is 35.5 Å². The minimum atomic E-state index is -0.0677. The summed E-state index contributed by atoms with van der Waals surface area (Å²) in [5, 5.41) is 4.11. The van der Waals surface area contributed by atoms with Crippen molar-refractivity contribution in [2.75, 3.05) is 18.8 Å². The molecule has 0 aromatic carbocycles. The maximum Gasteiger partial charge on any atom is 0.274 e. The third-order valence-electron chi connectivity index (χ3n) is 4.15. The van der Waals surface area contributed by atoms with Crippen molar-refractivity contribution in [1.82, 2.24) is 20.0 Å². The van der Waals surface area contributed by atoms with E-state index < -0.39 is 0 Å². The molecule has 0 aliphatic carbocycles. The lowest BCUT2D eigenvalue weighted by atomic mass is 9.90. The number of nitrogens with two attached hydrogens (primary N) is 1. The number of hydrogen-bond acceptors (Lipinski definition) is 6. The zero-order valence-electron chi connectivity index (χ0n) is 12.5. The Hall–Kier alpha value is -2.44. The van der Waals surface area contributed by atoms with Crippen LogP contribution in [0.1, 0.15) is 47.4 Å². The van der Waals surface area contributed by atoms with Crippen LogP contribution in [0.4, 0.5) is 5.88 Å². The van der Waals surface area contributed by atoms with Crippen molar-refractivity contribution < 1.29 is 9.32 Å². The van der Waals surface area contributed by atoms with Crippen LogP contribution in [-0.4, -0.2) is 39.0 Å².